The van der Waals surface area contributed by atoms with E-state index in [0.29, 0.717) is 13.2 Å². The van der Waals surface area contributed by atoms with Crippen LogP contribution in [0.4, 0.5) is 10.1 Å². The van der Waals surface area contributed by atoms with Gasteiger partial charge in [-0.15, -0.1) is 0 Å². The highest BCUT2D eigenvalue weighted by Gasteiger charge is 2.56. The molecule has 0 N–H and O–H groups in total. The maximum Gasteiger partial charge on any atom is 0.186 e. The third-order valence-electron chi connectivity index (χ3n) is 5.87. The van der Waals surface area contributed by atoms with Crippen molar-refractivity contribution in [3.8, 4) is 0 Å². The van der Waals surface area contributed by atoms with Gasteiger partial charge in [-0.25, -0.2) is 4.39 Å². The fourth-order valence-corrected chi connectivity index (χ4v) is 4.22. The van der Waals surface area contributed by atoms with Crippen molar-refractivity contribution >= 4 is 5.69 Å². The van der Waals surface area contributed by atoms with Crippen LogP contribution in [0.1, 0.15) is 5.56 Å². The van der Waals surface area contributed by atoms with Crippen LogP contribution in [0.25, 0.3) is 0 Å². The van der Waals surface area contributed by atoms with E-state index in [9.17, 15) is 4.39 Å². The molecule has 0 aromatic heterocycles. The second-order valence-electron chi connectivity index (χ2n) is 7.63. The van der Waals surface area contributed by atoms with E-state index in [0.717, 1.165) is 37.4 Å². The summed E-state index contributed by atoms with van der Waals surface area (Å²) in [6, 6.07) is 17.2. The van der Waals surface area contributed by atoms with E-state index >= 15 is 0 Å². The largest absolute Gasteiger partial charge is 0.369 e. The van der Waals surface area contributed by atoms with E-state index < -0.39 is 0 Å². The van der Waals surface area contributed by atoms with Crippen molar-refractivity contribution in [3.63, 3.8) is 0 Å². The van der Waals surface area contributed by atoms with Crippen molar-refractivity contribution < 1.29 is 18.6 Å². The number of piperazine rings is 1. The highest BCUT2D eigenvalue weighted by Crippen LogP contribution is 2.38. The van der Waals surface area contributed by atoms with Gasteiger partial charge in [0.2, 0.25) is 0 Å². The zero-order chi connectivity index (χ0) is 18.9. The number of hydrogen-bond acceptors (Lipinski definition) is 5. The third-order valence-corrected chi connectivity index (χ3v) is 5.87. The molecule has 5 rings (SSSR count). The summed E-state index contributed by atoms with van der Waals surface area (Å²) in [7, 11) is 0. The molecular formula is C22H25FN2O3. The van der Waals surface area contributed by atoms with Crippen LogP contribution < -0.4 is 4.90 Å². The highest BCUT2D eigenvalue weighted by atomic mass is 19.1. The van der Waals surface area contributed by atoms with Gasteiger partial charge < -0.3 is 19.1 Å². The van der Waals surface area contributed by atoms with Gasteiger partial charge >= 0.3 is 0 Å². The summed E-state index contributed by atoms with van der Waals surface area (Å²) in [5.41, 5.74) is 2.22. The minimum atomic E-state index is -0.276. The van der Waals surface area contributed by atoms with Crippen LogP contribution in [-0.2, 0) is 20.8 Å². The number of hydrogen-bond donors (Lipinski definition) is 0. The molecule has 0 amide bonds. The standard InChI is InChI=1S/C22H25FN2O3/c23-17-6-8-18(9-7-17)24-10-12-25(13-11-24)19-15-27-22(21-20(19)28-21)26-14-16-4-2-1-3-5-16/h1-9,19-22H,10-15H2/t19-,20+,21+,22+/m1/s1. The molecule has 3 saturated heterocycles. The minimum absolute atomic E-state index is 0.0394. The van der Waals surface area contributed by atoms with Crippen LogP contribution in [0.15, 0.2) is 54.6 Å². The molecule has 0 spiro atoms. The van der Waals surface area contributed by atoms with Gasteiger partial charge in [0.05, 0.1) is 19.3 Å². The molecule has 0 aliphatic carbocycles. The molecule has 3 aliphatic heterocycles. The molecule has 28 heavy (non-hydrogen) atoms. The summed E-state index contributed by atoms with van der Waals surface area (Å²) >= 11 is 0. The number of epoxide rings is 1. The van der Waals surface area contributed by atoms with Gasteiger partial charge in [-0.1, -0.05) is 30.3 Å². The lowest BCUT2D eigenvalue weighted by Crippen LogP contribution is -2.56. The Hall–Kier alpha value is -1.99. The Kier molecular flexibility index (Phi) is 5.03. The normalized spacial score (nSPS) is 30.1. The van der Waals surface area contributed by atoms with Crippen LogP contribution in [0.3, 0.4) is 0 Å². The number of halogens is 1. The number of anilines is 1. The van der Waals surface area contributed by atoms with Crippen molar-refractivity contribution in [2.45, 2.75) is 31.1 Å². The van der Waals surface area contributed by atoms with Gasteiger partial charge in [-0.3, -0.25) is 4.90 Å². The fourth-order valence-electron chi connectivity index (χ4n) is 4.22. The molecule has 0 bridgehead atoms. The number of ether oxygens (including phenoxy) is 3. The molecule has 0 radical (unpaired) electrons. The first-order valence-electron chi connectivity index (χ1n) is 9.95. The van der Waals surface area contributed by atoms with Crippen molar-refractivity contribution in [2.24, 2.45) is 0 Å². The first-order chi connectivity index (χ1) is 13.8. The molecular weight excluding hydrogens is 359 g/mol. The average Bonchev–Trinajstić information content (AvgIpc) is 3.55. The van der Waals surface area contributed by atoms with Gasteiger partial charge in [-0.05, 0) is 29.8 Å². The summed E-state index contributed by atoms with van der Waals surface area (Å²) in [6.45, 7) is 4.93. The Morgan fingerprint density at radius 3 is 2.43 bits per heavy atom. The SMILES string of the molecule is Fc1ccc(N2CCN([C@@H]3CO[C@H](OCc4ccccc4)[C@H]4O[C@H]43)CC2)cc1. The molecule has 2 aromatic carbocycles. The predicted octanol–water partition coefficient (Wildman–Crippen LogP) is 2.66. The maximum atomic E-state index is 13.1. The molecule has 0 unspecified atom stereocenters. The van der Waals surface area contributed by atoms with Gasteiger partial charge in [0.1, 0.15) is 18.0 Å². The summed E-state index contributed by atoms with van der Waals surface area (Å²) in [6.07, 6.45) is -0.0357. The monoisotopic (exact) mass is 384 g/mol. The lowest BCUT2D eigenvalue weighted by Gasteiger charge is -2.41. The Labute approximate surface area is 164 Å². The highest BCUT2D eigenvalue weighted by molar-refractivity contribution is 5.46. The van der Waals surface area contributed by atoms with Crippen LogP contribution in [0.5, 0.6) is 0 Å². The van der Waals surface area contributed by atoms with E-state index in [2.05, 4.69) is 21.9 Å². The van der Waals surface area contributed by atoms with Gasteiger partial charge in [0.15, 0.2) is 6.29 Å². The second-order valence-corrected chi connectivity index (χ2v) is 7.63. The zero-order valence-electron chi connectivity index (χ0n) is 15.7. The van der Waals surface area contributed by atoms with Crippen LogP contribution >= 0.6 is 0 Å². The topological polar surface area (TPSA) is 37.5 Å². The molecule has 3 aliphatic rings. The van der Waals surface area contributed by atoms with E-state index in [1.54, 1.807) is 0 Å². The summed E-state index contributed by atoms with van der Waals surface area (Å²) in [5.74, 6) is -0.192. The van der Waals surface area contributed by atoms with E-state index in [-0.39, 0.29) is 30.4 Å². The van der Waals surface area contributed by atoms with Gasteiger partial charge in [-0.2, -0.15) is 0 Å². The first kappa shape index (κ1) is 18.1. The van der Waals surface area contributed by atoms with Gasteiger partial charge in [0, 0.05) is 31.9 Å². The van der Waals surface area contributed by atoms with E-state index in [1.165, 1.54) is 12.1 Å². The van der Waals surface area contributed by atoms with Crippen molar-refractivity contribution in [3.05, 3.63) is 66.0 Å². The molecule has 2 aromatic rings. The number of fused-ring (bicyclic) bond motifs is 1. The number of rotatable bonds is 5. The van der Waals surface area contributed by atoms with Gasteiger partial charge in [0.25, 0.3) is 0 Å². The third kappa shape index (κ3) is 3.78. The molecule has 4 atom stereocenters. The smallest absolute Gasteiger partial charge is 0.186 e. The Balaban J connectivity index is 1.11. The van der Waals surface area contributed by atoms with Crippen LogP contribution in [-0.4, -0.2) is 62.2 Å². The van der Waals surface area contributed by atoms with Crippen molar-refractivity contribution in [1.29, 1.82) is 0 Å². The van der Waals surface area contributed by atoms with E-state index in [1.807, 2.05) is 30.3 Å². The van der Waals surface area contributed by atoms with Crippen molar-refractivity contribution in [1.82, 2.24) is 4.90 Å². The fraction of sp³-hybridized carbons (Fsp3) is 0.455. The molecule has 3 heterocycles. The predicted molar refractivity (Wildman–Crippen MR) is 104 cm³/mol. The van der Waals surface area contributed by atoms with Crippen LogP contribution in [0.2, 0.25) is 0 Å². The summed E-state index contributed by atoms with van der Waals surface area (Å²) in [4.78, 5) is 4.76. The number of nitrogens with zero attached hydrogens (tertiary/aromatic N) is 2. The molecule has 6 heteroatoms. The Morgan fingerprint density at radius 1 is 0.929 bits per heavy atom. The van der Waals surface area contributed by atoms with Crippen molar-refractivity contribution in [2.75, 3.05) is 37.7 Å². The molecule has 3 fully saturated rings. The molecule has 5 nitrogen and oxygen atoms in total. The molecule has 148 valence electrons. The zero-order valence-corrected chi connectivity index (χ0v) is 15.7. The Morgan fingerprint density at radius 2 is 1.68 bits per heavy atom. The van der Waals surface area contributed by atoms with Crippen LogP contribution in [0, 0.1) is 5.82 Å². The Bertz CT molecular complexity index is 780. The minimum Gasteiger partial charge on any atom is -0.369 e. The maximum absolute atomic E-state index is 13.1. The molecule has 0 saturated carbocycles. The average molecular weight is 384 g/mol. The lowest BCUT2D eigenvalue weighted by molar-refractivity contribution is -0.176. The van der Waals surface area contributed by atoms with E-state index in [4.69, 9.17) is 14.2 Å². The quantitative estimate of drug-likeness (QED) is 0.741. The summed E-state index contributed by atoms with van der Waals surface area (Å²) < 4.78 is 31.0. The summed E-state index contributed by atoms with van der Waals surface area (Å²) in [5, 5.41) is 0. The lowest BCUT2D eigenvalue weighted by atomic mass is 10.1. The second kappa shape index (κ2) is 7.79. The first-order valence-corrected chi connectivity index (χ1v) is 9.95. The number of benzene rings is 2.